The van der Waals surface area contributed by atoms with Crippen LogP contribution in [0.25, 0.3) is 5.69 Å². The van der Waals surface area contributed by atoms with Crippen molar-refractivity contribution in [2.45, 2.75) is 19.9 Å². The highest BCUT2D eigenvalue weighted by atomic mass is 35.5. The molecule has 0 spiro atoms. The number of aromatic nitrogens is 2. The molecule has 2 rings (SSSR count). The van der Waals surface area contributed by atoms with Gasteiger partial charge in [-0.2, -0.15) is 5.10 Å². The van der Waals surface area contributed by atoms with Crippen molar-refractivity contribution in [1.82, 2.24) is 15.1 Å². The third-order valence-corrected chi connectivity index (χ3v) is 3.17. The van der Waals surface area contributed by atoms with Crippen LogP contribution in [0, 0.1) is 6.92 Å². The average molecular weight is 250 g/mol. The van der Waals surface area contributed by atoms with Gasteiger partial charge in [-0.25, -0.2) is 4.68 Å². The first kappa shape index (κ1) is 12.1. The van der Waals surface area contributed by atoms with Crippen molar-refractivity contribution in [1.29, 1.82) is 0 Å². The summed E-state index contributed by atoms with van der Waals surface area (Å²) in [6.45, 7) is 4.11. The van der Waals surface area contributed by atoms with Crippen LogP contribution in [0.15, 0.2) is 30.6 Å². The molecule has 0 amide bonds. The van der Waals surface area contributed by atoms with Gasteiger partial charge in [0.15, 0.2) is 0 Å². The minimum Gasteiger partial charge on any atom is -0.313 e. The van der Waals surface area contributed by atoms with Crippen LogP contribution < -0.4 is 5.32 Å². The second-order valence-corrected chi connectivity index (χ2v) is 4.59. The van der Waals surface area contributed by atoms with Crippen molar-refractivity contribution in [3.8, 4) is 5.69 Å². The first-order valence-electron chi connectivity index (χ1n) is 5.60. The summed E-state index contributed by atoms with van der Waals surface area (Å²) in [6, 6.07) is 6.34. The van der Waals surface area contributed by atoms with Gasteiger partial charge in [-0.15, -0.1) is 0 Å². The molecule has 1 heterocycles. The maximum Gasteiger partial charge on any atom is 0.0832 e. The number of benzene rings is 1. The molecule has 0 saturated carbocycles. The Hall–Kier alpha value is -1.32. The predicted molar refractivity (Wildman–Crippen MR) is 70.8 cm³/mol. The molecule has 1 aromatic carbocycles. The molecule has 2 aromatic rings. The van der Waals surface area contributed by atoms with Gasteiger partial charge < -0.3 is 5.32 Å². The van der Waals surface area contributed by atoms with E-state index < -0.39 is 0 Å². The fourth-order valence-corrected chi connectivity index (χ4v) is 1.97. The fourth-order valence-electron chi connectivity index (χ4n) is 1.69. The van der Waals surface area contributed by atoms with Crippen LogP contribution >= 0.6 is 11.6 Å². The first-order valence-corrected chi connectivity index (χ1v) is 5.98. The first-order chi connectivity index (χ1) is 8.11. The number of hydrogen-bond donors (Lipinski definition) is 1. The number of halogens is 1. The van der Waals surface area contributed by atoms with E-state index in [0.717, 1.165) is 11.3 Å². The van der Waals surface area contributed by atoms with Crippen molar-refractivity contribution >= 4 is 11.6 Å². The SMILES string of the molecule is CNC(C)c1ccc(-n2cc(C)cn2)c(Cl)c1. The predicted octanol–water partition coefficient (Wildman–Crippen LogP) is 3.11. The Kier molecular flexibility index (Phi) is 3.50. The van der Waals surface area contributed by atoms with Crippen molar-refractivity contribution in [2.75, 3.05) is 7.05 Å². The van der Waals surface area contributed by atoms with Gasteiger partial charge in [-0.1, -0.05) is 17.7 Å². The molecule has 0 aliphatic rings. The minimum atomic E-state index is 0.293. The Morgan fingerprint density at radius 3 is 2.71 bits per heavy atom. The largest absolute Gasteiger partial charge is 0.313 e. The second kappa shape index (κ2) is 4.90. The van der Waals surface area contributed by atoms with Crippen molar-refractivity contribution in [3.05, 3.63) is 46.7 Å². The molecule has 1 atom stereocenters. The van der Waals surface area contributed by atoms with E-state index in [4.69, 9.17) is 11.6 Å². The molecule has 0 radical (unpaired) electrons. The number of rotatable bonds is 3. The molecule has 3 nitrogen and oxygen atoms in total. The highest BCUT2D eigenvalue weighted by Gasteiger charge is 2.08. The zero-order valence-corrected chi connectivity index (χ0v) is 11.0. The lowest BCUT2D eigenvalue weighted by molar-refractivity contribution is 0.652. The van der Waals surface area contributed by atoms with Crippen molar-refractivity contribution < 1.29 is 0 Å². The van der Waals surface area contributed by atoms with Gasteiger partial charge in [0.05, 0.1) is 16.9 Å². The molecule has 0 aliphatic carbocycles. The summed E-state index contributed by atoms with van der Waals surface area (Å²) in [5.74, 6) is 0. The lowest BCUT2D eigenvalue weighted by Gasteiger charge is -2.12. The van der Waals surface area contributed by atoms with Gasteiger partial charge in [-0.3, -0.25) is 0 Å². The Morgan fingerprint density at radius 2 is 2.18 bits per heavy atom. The maximum absolute atomic E-state index is 6.29. The summed E-state index contributed by atoms with van der Waals surface area (Å²) >= 11 is 6.29. The minimum absolute atomic E-state index is 0.293. The lowest BCUT2D eigenvalue weighted by atomic mass is 10.1. The van der Waals surface area contributed by atoms with Gasteiger partial charge in [0.1, 0.15) is 0 Å². The Balaban J connectivity index is 2.38. The van der Waals surface area contributed by atoms with E-state index in [1.807, 2.05) is 38.5 Å². The zero-order chi connectivity index (χ0) is 12.4. The fraction of sp³-hybridized carbons (Fsp3) is 0.308. The van der Waals surface area contributed by atoms with Crippen molar-refractivity contribution in [2.24, 2.45) is 0 Å². The van der Waals surface area contributed by atoms with E-state index in [1.165, 1.54) is 5.56 Å². The van der Waals surface area contributed by atoms with Gasteiger partial charge >= 0.3 is 0 Å². The molecular formula is C13H16ClN3. The highest BCUT2D eigenvalue weighted by Crippen LogP contribution is 2.24. The zero-order valence-electron chi connectivity index (χ0n) is 10.2. The molecule has 1 unspecified atom stereocenters. The van der Waals surface area contributed by atoms with Gasteiger partial charge in [0.2, 0.25) is 0 Å². The quantitative estimate of drug-likeness (QED) is 0.906. The highest BCUT2D eigenvalue weighted by molar-refractivity contribution is 6.32. The number of hydrogen-bond acceptors (Lipinski definition) is 2. The summed E-state index contributed by atoms with van der Waals surface area (Å²) in [4.78, 5) is 0. The van der Waals surface area contributed by atoms with Crippen molar-refractivity contribution in [3.63, 3.8) is 0 Å². The van der Waals surface area contributed by atoms with Crippen LogP contribution in [0.1, 0.15) is 24.1 Å². The standard InChI is InChI=1S/C13H16ClN3/c1-9-7-16-17(8-9)13-5-4-11(6-12(13)14)10(2)15-3/h4-8,10,15H,1-3H3. The Morgan fingerprint density at radius 1 is 1.41 bits per heavy atom. The maximum atomic E-state index is 6.29. The molecule has 0 fully saturated rings. The van der Waals surface area contributed by atoms with Crippen LogP contribution in [-0.4, -0.2) is 16.8 Å². The van der Waals surface area contributed by atoms with Crippen LogP contribution in [0.5, 0.6) is 0 Å². The van der Waals surface area contributed by atoms with Crippen LogP contribution in [-0.2, 0) is 0 Å². The normalized spacial score (nSPS) is 12.7. The van der Waals surface area contributed by atoms with Gasteiger partial charge in [-0.05, 0) is 44.2 Å². The summed E-state index contributed by atoms with van der Waals surface area (Å²) in [6.07, 6.45) is 3.78. The number of nitrogens with zero attached hydrogens (tertiary/aromatic N) is 2. The molecule has 90 valence electrons. The number of nitrogens with one attached hydrogen (secondary N) is 1. The molecule has 4 heteroatoms. The van der Waals surface area contributed by atoms with E-state index in [9.17, 15) is 0 Å². The molecule has 0 bridgehead atoms. The Bertz CT molecular complexity index is 519. The number of aryl methyl sites for hydroxylation is 1. The lowest BCUT2D eigenvalue weighted by Crippen LogP contribution is -2.12. The molecular weight excluding hydrogens is 234 g/mol. The smallest absolute Gasteiger partial charge is 0.0832 e. The van der Waals surface area contributed by atoms with Crippen LogP contribution in [0.2, 0.25) is 5.02 Å². The Labute approximate surface area is 106 Å². The third-order valence-electron chi connectivity index (χ3n) is 2.86. The average Bonchev–Trinajstić information content (AvgIpc) is 2.74. The van der Waals surface area contributed by atoms with E-state index in [1.54, 1.807) is 4.68 Å². The van der Waals surface area contributed by atoms with Gasteiger partial charge in [0, 0.05) is 12.2 Å². The third kappa shape index (κ3) is 2.51. The summed E-state index contributed by atoms with van der Waals surface area (Å²) < 4.78 is 1.80. The van der Waals surface area contributed by atoms with E-state index in [-0.39, 0.29) is 0 Å². The molecule has 17 heavy (non-hydrogen) atoms. The summed E-state index contributed by atoms with van der Waals surface area (Å²) in [7, 11) is 1.93. The van der Waals surface area contributed by atoms with Gasteiger partial charge in [0.25, 0.3) is 0 Å². The monoisotopic (exact) mass is 249 g/mol. The molecule has 1 N–H and O–H groups in total. The molecule has 0 aliphatic heterocycles. The molecule has 1 aromatic heterocycles. The summed E-state index contributed by atoms with van der Waals surface area (Å²) in [5, 5.41) is 8.16. The van der Waals surface area contributed by atoms with E-state index >= 15 is 0 Å². The molecule has 0 saturated heterocycles. The van der Waals surface area contributed by atoms with Crippen LogP contribution in [0.3, 0.4) is 0 Å². The summed E-state index contributed by atoms with van der Waals surface area (Å²) in [5.41, 5.74) is 3.20. The van der Waals surface area contributed by atoms with E-state index in [2.05, 4.69) is 23.4 Å². The van der Waals surface area contributed by atoms with E-state index in [0.29, 0.717) is 11.1 Å². The van der Waals surface area contributed by atoms with Crippen LogP contribution in [0.4, 0.5) is 0 Å². The topological polar surface area (TPSA) is 29.9 Å². The second-order valence-electron chi connectivity index (χ2n) is 4.18.